The van der Waals surface area contributed by atoms with E-state index in [2.05, 4.69) is 25.7 Å². The zero-order valence-electron chi connectivity index (χ0n) is 10.3. The summed E-state index contributed by atoms with van der Waals surface area (Å²) in [6.07, 6.45) is 1.54. The van der Waals surface area contributed by atoms with Crippen molar-refractivity contribution in [2.24, 2.45) is 0 Å². The lowest BCUT2D eigenvalue weighted by atomic mass is 10.2. The molecule has 1 atom stereocenters. The van der Waals surface area contributed by atoms with Crippen LogP contribution in [-0.4, -0.2) is 54.7 Å². The third kappa shape index (κ3) is 3.10. The molecular formula is C12H13BrN2O4. The number of pyridine rings is 1. The summed E-state index contributed by atoms with van der Waals surface area (Å²) >= 11 is 3.26. The van der Waals surface area contributed by atoms with E-state index in [4.69, 9.17) is 4.74 Å². The van der Waals surface area contributed by atoms with E-state index in [9.17, 15) is 9.59 Å². The van der Waals surface area contributed by atoms with Crippen LogP contribution in [0, 0.1) is 0 Å². The van der Waals surface area contributed by atoms with Crippen molar-refractivity contribution in [2.75, 3.05) is 26.9 Å². The molecule has 0 aliphatic carbocycles. The van der Waals surface area contributed by atoms with Gasteiger partial charge in [-0.2, -0.15) is 0 Å². The van der Waals surface area contributed by atoms with Crippen LogP contribution in [0.4, 0.5) is 0 Å². The molecule has 1 unspecified atom stereocenters. The first-order valence-electron chi connectivity index (χ1n) is 5.71. The minimum atomic E-state index is -0.711. The topological polar surface area (TPSA) is 68.7 Å². The van der Waals surface area contributed by atoms with Gasteiger partial charge in [0.25, 0.3) is 5.91 Å². The number of morpholine rings is 1. The molecule has 6 nitrogen and oxygen atoms in total. The van der Waals surface area contributed by atoms with Gasteiger partial charge in [0, 0.05) is 17.2 Å². The zero-order valence-corrected chi connectivity index (χ0v) is 11.9. The highest BCUT2D eigenvalue weighted by Crippen LogP contribution is 2.14. The van der Waals surface area contributed by atoms with Crippen molar-refractivity contribution in [1.29, 1.82) is 0 Å². The lowest BCUT2D eigenvalue weighted by molar-refractivity contribution is -0.151. The Balaban J connectivity index is 2.20. The second-order valence-electron chi connectivity index (χ2n) is 3.97. The van der Waals surface area contributed by atoms with Crippen LogP contribution >= 0.6 is 15.9 Å². The van der Waals surface area contributed by atoms with Gasteiger partial charge in [0.15, 0.2) is 6.04 Å². The maximum atomic E-state index is 12.3. The van der Waals surface area contributed by atoms with Gasteiger partial charge in [0.1, 0.15) is 5.69 Å². The monoisotopic (exact) mass is 328 g/mol. The summed E-state index contributed by atoms with van der Waals surface area (Å²) in [7, 11) is 1.29. The fourth-order valence-corrected chi connectivity index (χ4v) is 2.06. The van der Waals surface area contributed by atoms with Crippen molar-refractivity contribution < 1.29 is 19.1 Å². The smallest absolute Gasteiger partial charge is 0.331 e. The molecule has 1 aromatic heterocycles. The van der Waals surface area contributed by atoms with Crippen LogP contribution in [0.5, 0.6) is 0 Å². The van der Waals surface area contributed by atoms with Gasteiger partial charge < -0.3 is 14.4 Å². The highest BCUT2D eigenvalue weighted by atomic mass is 79.9. The van der Waals surface area contributed by atoms with E-state index in [1.165, 1.54) is 12.0 Å². The van der Waals surface area contributed by atoms with E-state index < -0.39 is 12.0 Å². The van der Waals surface area contributed by atoms with Gasteiger partial charge in [-0.1, -0.05) is 0 Å². The van der Waals surface area contributed by atoms with Gasteiger partial charge in [-0.3, -0.25) is 4.79 Å². The zero-order chi connectivity index (χ0) is 13.8. The average molecular weight is 329 g/mol. The number of nitrogens with zero attached hydrogens (tertiary/aromatic N) is 2. The molecule has 2 heterocycles. The molecule has 102 valence electrons. The summed E-state index contributed by atoms with van der Waals surface area (Å²) in [5.74, 6) is -0.781. The number of amides is 1. The van der Waals surface area contributed by atoms with Gasteiger partial charge in [-0.05, 0) is 28.1 Å². The Morgan fingerprint density at radius 3 is 2.95 bits per heavy atom. The number of methoxy groups -OCH3 is 1. The number of ether oxygens (including phenoxy) is 2. The van der Waals surface area contributed by atoms with Crippen molar-refractivity contribution >= 4 is 27.8 Å². The Morgan fingerprint density at radius 2 is 2.32 bits per heavy atom. The van der Waals surface area contributed by atoms with E-state index in [0.29, 0.717) is 18.8 Å². The van der Waals surface area contributed by atoms with Crippen LogP contribution in [0.2, 0.25) is 0 Å². The minimum absolute atomic E-state index is 0.148. The summed E-state index contributed by atoms with van der Waals surface area (Å²) in [6.45, 7) is 0.890. The van der Waals surface area contributed by atoms with Gasteiger partial charge >= 0.3 is 5.97 Å². The highest BCUT2D eigenvalue weighted by Gasteiger charge is 2.34. The molecule has 0 bridgehead atoms. The normalized spacial score (nSPS) is 19.1. The molecule has 1 aromatic rings. The fourth-order valence-electron chi connectivity index (χ4n) is 1.83. The van der Waals surface area contributed by atoms with E-state index in [1.807, 2.05) is 0 Å². The molecule has 2 rings (SSSR count). The number of esters is 1. The van der Waals surface area contributed by atoms with Crippen LogP contribution in [0.25, 0.3) is 0 Å². The van der Waals surface area contributed by atoms with Crippen molar-refractivity contribution in [1.82, 2.24) is 9.88 Å². The molecule has 0 aromatic carbocycles. The standard InChI is InChI=1S/C12H13BrN2O4/c1-18-12(17)10-7-19-5-4-15(10)11(16)9-3-2-8(13)6-14-9/h2-3,6,10H,4-5,7H2,1H3. The van der Waals surface area contributed by atoms with E-state index >= 15 is 0 Å². The van der Waals surface area contributed by atoms with Gasteiger partial charge in [0.05, 0.1) is 20.3 Å². The molecule has 0 spiro atoms. The minimum Gasteiger partial charge on any atom is -0.467 e. The molecule has 0 N–H and O–H groups in total. The lowest BCUT2D eigenvalue weighted by Gasteiger charge is -2.33. The van der Waals surface area contributed by atoms with Crippen LogP contribution in [0.15, 0.2) is 22.8 Å². The Morgan fingerprint density at radius 1 is 1.53 bits per heavy atom. The first-order valence-corrected chi connectivity index (χ1v) is 6.51. The Bertz CT molecular complexity index is 477. The molecule has 1 amide bonds. The van der Waals surface area contributed by atoms with Crippen molar-refractivity contribution in [2.45, 2.75) is 6.04 Å². The SMILES string of the molecule is COC(=O)C1COCCN1C(=O)c1ccc(Br)cn1. The molecule has 0 radical (unpaired) electrons. The van der Waals surface area contributed by atoms with E-state index in [0.717, 1.165) is 4.47 Å². The fraction of sp³-hybridized carbons (Fsp3) is 0.417. The third-order valence-corrected chi connectivity index (χ3v) is 3.28. The van der Waals surface area contributed by atoms with Crippen molar-refractivity contribution in [3.05, 3.63) is 28.5 Å². The van der Waals surface area contributed by atoms with Crippen LogP contribution < -0.4 is 0 Å². The third-order valence-electron chi connectivity index (χ3n) is 2.81. The van der Waals surface area contributed by atoms with Crippen LogP contribution in [0.1, 0.15) is 10.5 Å². The predicted octanol–water partition coefficient (Wildman–Crippen LogP) is 0.858. The molecule has 0 saturated carbocycles. The quantitative estimate of drug-likeness (QED) is 0.753. The second-order valence-corrected chi connectivity index (χ2v) is 4.89. The van der Waals surface area contributed by atoms with Crippen molar-refractivity contribution in [3.8, 4) is 0 Å². The number of rotatable bonds is 2. The highest BCUT2D eigenvalue weighted by molar-refractivity contribution is 9.10. The summed E-state index contributed by atoms with van der Waals surface area (Å²) in [4.78, 5) is 29.4. The maximum absolute atomic E-state index is 12.3. The maximum Gasteiger partial charge on any atom is 0.331 e. The first kappa shape index (κ1) is 14.0. The average Bonchev–Trinajstić information content (AvgIpc) is 2.46. The number of halogens is 1. The summed E-state index contributed by atoms with van der Waals surface area (Å²) in [6, 6.07) is 2.63. The van der Waals surface area contributed by atoms with E-state index in [-0.39, 0.29) is 12.5 Å². The molecular weight excluding hydrogens is 316 g/mol. The Kier molecular flexibility index (Phi) is 4.49. The van der Waals surface area contributed by atoms with E-state index in [1.54, 1.807) is 18.3 Å². The molecule has 19 heavy (non-hydrogen) atoms. The molecule has 1 aliphatic rings. The number of hydrogen-bond acceptors (Lipinski definition) is 5. The predicted molar refractivity (Wildman–Crippen MR) is 69.6 cm³/mol. The summed E-state index contributed by atoms with van der Waals surface area (Å²) in [5.41, 5.74) is 0.291. The number of hydrogen-bond donors (Lipinski definition) is 0. The number of aromatic nitrogens is 1. The van der Waals surface area contributed by atoms with Gasteiger partial charge in [-0.25, -0.2) is 9.78 Å². The molecule has 1 saturated heterocycles. The van der Waals surface area contributed by atoms with Gasteiger partial charge in [0.2, 0.25) is 0 Å². The van der Waals surface area contributed by atoms with Crippen LogP contribution in [-0.2, 0) is 14.3 Å². The largest absolute Gasteiger partial charge is 0.467 e. The van der Waals surface area contributed by atoms with Gasteiger partial charge in [-0.15, -0.1) is 0 Å². The Hall–Kier alpha value is -1.47. The van der Waals surface area contributed by atoms with Crippen LogP contribution in [0.3, 0.4) is 0 Å². The second kappa shape index (κ2) is 6.12. The molecule has 1 fully saturated rings. The number of carbonyl (C=O) groups is 2. The number of carbonyl (C=O) groups excluding carboxylic acids is 2. The van der Waals surface area contributed by atoms with Crippen molar-refractivity contribution in [3.63, 3.8) is 0 Å². The molecule has 1 aliphatic heterocycles. The lowest BCUT2D eigenvalue weighted by Crippen LogP contribution is -2.53. The molecule has 7 heteroatoms. The summed E-state index contributed by atoms with van der Waals surface area (Å²) in [5, 5.41) is 0. The Labute approximate surface area is 118 Å². The first-order chi connectivity index (χ1) is 9.13. The summed E-state index contributed by atoms with van der Waals surface area (Å²) < 4.78 is 10.7.